The first-order valence-corrected chi connectivity index (χ1v) is 3.48. The zero-order valence-electron chi connectivity index (χ0n) is 5.35. The van der Waals surface area contributed by atoms with Gasteiger partial charge in [-0.25, -0.2) is 0 Å². The molecule has 2 aliphatic carbocycles. The van der Waals surface area contributed by atoms with Gasteiger partial charge in [-0.2, -0.15) is 0 Å². The van der Waals surface area contributed by atoms with Gasteiger partial charge in [0.25, 0.3) is 0 Å². The zero-order chi connectivity index (χ0) is 5.78. The van der Waals surface area contributed by atoms with Crippen LogP contribution in [0.3, 0.4) is 0 Å². The van der Waals surface area contributed by atoms with Crippen LogP contribution in [-0.4, -0.2) is 6.04 Å². The van der Waals surface area contributed by atoms with E-state index in [0.717, 1.165) is 5.92 Å². The Balaban J connectivity index is 1.99. The summed E-state index contributed by atoms with van der Waals surface area (Å²) in [6, 6.07) is 0.572. The second-order valence-corrected chi connectivity index (χ2v) is 3.66. The summed E-state index contributed by atoms with van der Waals surface area (Å²) >= 11 is 0. The Morgan fingerprint density at radius 2 is 2.00 bits per heavy atom. The second-order valence-electron chi connectivity index (χ2n) is 3.66. The minimum Gasteiger partial charge on any atom is -0.327 e. The molecule has 0 spiro atoms. The normalized spacial score (nSPS) is 48.8. The molecule has 0 amide bonds. The Morgan fingerprint density at radius 3 is 2.12 bits per heavy atom. The van der Waals surface area contributed by atoms with Crippen molar-refractivity contribution in [2.45, 2.75) is 32.2 Å². The zero-order valence-corrected chi connectivity index (χ0v) is 5.35. The topological polar surface area (TPSA) is 26.0 Å². The molecule has 0 heterocycles. The van der Waals surface area contributed by atoms with E-state index in [1.807, 2.05) is 0 Å². The maximum absolute atomic E-state index is 5.69. The van der Waals surface area contributed by atoms with Crippen LogP contribution in [-0.2, 0) is 0 Å². The summed E-state index contributed by atoms with van der Waals surface area (Å²) in [5.41, 5.74) is 6.40. The first kappa shape index (κ1) is 4.80. The summed E-state index contributed by atoms with van der Waals surface area (Å²) in [5, 5.41) is 0. The molecule has 8 heavy (non-hydrogen) atoms. The Bertz CT molecular complexity index is 116. The third kappa shape index (κ3) is 0.510. The number of hydrogen-bond acceptors (Lipinski definition) is 1. The van der Waals surface area contributed by atoms with E-state index in [1.165, 1.54) is 19.3 Å². The standard InChI is InChI=1S/C7H13N/c1-7(2-3-7)5-4-6(5)8/h5-6H,2-4,8H2,1H3. The van der Waals surface area contributed by atoms with E-state index >= 15 is 0 Å². The minimum atomic E-state index is 0.572. The summed E-state index contributed by atoms with van der Waals surface area (Å²) in [6.45, 7) is 2.37. The first-order valence-electron chi connectivity index (χ1n) is 3.48. The fraction of sp³-hybridized carbons (Fsp3) is 1.00. The maximum Gasteiger partial charge on any atom is 0.00763 e. The molecule has 2 unspecified atom stereocenters. The van der Waals surface area contributed by atoms with E-state index < -0.39 is 0 Å². The van der Waals surface area contributed by atoms with Crippen LogP contribution in [0.5, 0.6) is 0 Å². The van der Waals surface area contributed by atoms with Crippen LogP contribution >= 0.6 is 0 Å². The molecule has 1 heteroatoms. The molecule has 0 aromatic heterocycles. The van der Waals surface area contributed by atoms with Crippen molar-refractivity contribution in [3.8, 4) is 0 Å². The lowest BCUT2D eigenvalue weighted by Gasteiger charge is -2.02. The molecule has 2 saturated carbocycles. The van der Waals surface area contributed by atoms with Crippen LogP contribution in [0.1, 0.15) is 26.2 Å². The number of hydrogen-bond donors (Lipinski definition) is 1. The second kappa shape index (κ2) is 1.10. The monoisotopic (exact) mass is 111 g/mol. The molecule has 0 aromatic rings. The summed E-state index contributed by atoms with van der Waals surface area (Å²) < 4.78 is 0. The van der Waals surface area contributed by atoms with Gasteiger partial charge in [0.05, 0.1) is 0 Å². The van der Waals surface area contributed by atoms with E-state index in [1.54, 1.807) is 0 Å². The maximum atomic E-state index is 5.69. The third-order valence-corrected chi connectivity index (χ3v) is 2.77. The fourth-order valence-electron chi connectivity index (χ4n) is 1.58. The predicted octanol–water partition coefficient (Wildman–Crippen LogP) is 1.13. The quantitative estimate of drug-likeness (QED) is 0.539. The van der Waals surface area contributed by atoms with Gasteiger partial charge in [0.15, 0.2) is 0 Å². The third-order valence-electron chi connectivity index (χ3n) is 2.77. The largest absolute Gasteiger partial charge is 0.327 e. The molecule has 1 nitrogen and oxygen atoms in total. The van der Waals surface area contributed by atoms with Crippen LogP contribution in [0.2, 0.25) is 0 Å². The highest BCUT2D eigenvalue weighted by Gasteiger charge is 2.54. The molecule has 2 rings (SSSR count). The van der Waals surface area contributed by atoms with Gasteiger partial charge in [-0.1, -0.05) is 6.92 Å². The molecule has 0 aromatic carbocycles. The first-order chi connectivity index (χ1) is 3.72. The van der Waals surface area contributed by atoms with Gasteiger partial charge in [0.1, 0.15) is 0 Å². The Kier molecular flexibility index (Phi) is 0.663. The molecule has 2 fully saturated rings. The summed E-state index contributed by atoms with van der Waals surface area (Å²) in [5.74, 6) is 0.905. The highest BCUT2D eigenvalue weighted by atomic mass is 14.8. The lowest BCUT2D eigenvalue weighted by Crippen LogP contribution is -2.08. The number of nitrogens with two attached hydrogens (primary N) is 1. The van der Waals surface area contributed by atoms with Gasteiger partial charge < -0.3 is 5.73 Å². The molecular weight excluding hydrogens is 98.1 g/mol. The lowest BCUT2D eigenvalue weighted by atomic mass is 10.0. The van der Waals surface area contributed by atoms with Gasteiger partial charge in [0, 0.05) is 6.04 Å². The van der Waals surface area contributed by atoms with Crippen molar-refractivity contribution in [2.75, 3.05) is 0 Å². The van der Waals surface area contributed by atoms with Gasteiger partial charge in [-0.15, -0.1) is 0 Å². The van der Waals surface area contributed by atoms with Crippen molar-refractivity contribution >= 4 is 0 Å². The van der Waals surface area contributed by atoms with Gasteiger partial charge in [-0.3, -0.25) is 0 Å². The van der Waals surface area contributed by atoms with E-state index in [0.29, 0.717) is 11.5 Å². The Hall–Kier alpha value is -0.0400. The SMILES string of the molecule is CC1(C2CC2N)CC1. The van der Waals surface area contributed by atoms with Crippen molar-refractivity contribution in [1.29, 1.82) is 0 Å². The van der Waals surface area contributed by atoms with Crippen LogP contribution in [0.4, 0.5) is 0 Å². The average molecular weight is 111 g/mol. The molecular formula is C7H13N. The van der Waals surface area contributed by atoms with Gasteiger partial charge in [0.2, 0.25) is 0 Å². The Labute approximate surface area is 50.3 Å². The van der Waals surface area contributed by atoms with Crippen molar-refractivity contribution in [1.82, 2.24) is 0 Å². The highest BCUT2D eigenvalue weighted by Crippen LogP contribution is 2.60. The van der Waals surface area contributed by atoms with E-state index in [2.05, 4.69) is 6.92 Å². The van der Waals surface area contributed by atoms with Crippen molar-refractivity contribution < 1.29 is 0 Å². The summed E-state index contributed by atoms with van der Waals surface area (Å²) in [6.07, 6.45) is 4.17. The highest BCUT2D eigenvalue weighted by molar-refractivity contribution is 5.07. The predicted molar refractivity (Wildman–Crippen MR) is 33.4 cm³/mol. The molecule has 2 N–H and O–H groups in total. The molecule has 2 atom stereocenters. The molecule has 2 aliphatic rings. The molecule has 0 radical (unpaired) electrons. The van der Waals surface area contributed by atoms with Crippen molar-refractivity contribution in [3.05, 3.63) is 0 Å². The molecule has 46 valence electrons. The van der Waals surface area contributed by atoms with Gasteiger partial charge in [-0.05, 0) is 30.6 Å². The smallest absolute Gasteiger partial charge is 0.00763 e. The van der Waals surface area contributed by atoms with E-state index in [-0.39, 0.29) is 0 Å². The lowest BCUT2D eigenvalue weighted by molar-refractivity contribution is 0.478. The van der Waals surface area contributed by atoms with E-state index in [4.69, 9.17) is 5.73 Å². The van der Waals surface area contributed by atoms with Crippen molar-refractivity contribution in [3.63, 3.8) is 0 Å². The summed E-state index contributed by atoms with van der Waals surface area (Å²) in [4.78, 5) is 0. The van der Waals surface area contributed by atoms with Crippen LogP contribution < -0.4 is 5.73 Å². The van der Waals surface area contributed by atoms with Crippen LogP contribution in [0, 0.1) is 11.3 Å². The minimum absolute atomic E-state index is 0.572. The Morgan fingerprint density at radius 1 is 1.50 bits per heavy atom. The average Bonchev–Trinajstić information content (AvgIpc) is 2.47. The molecule has 0 saturated heterocycles. The number of rotatable bonds is 1. The van der Waals surface area contributed by atoms with E-state index in [9.17, 15) is 0 Å². The fourth-order valence-corrected chi connectivity index (χ4v) is 1.58. The van der Waals surface area contributed by atoms with Gasteiger partial charge >= 0.3 is 0 Å². The molecule has 0 bridgehead atoms. The van der Waals surface area contributed by atoms with Crippen LogP contribution in [0.15, 0.2) is 0 Å². The molecule has 0 aliphatic heterocycles. The van der Waals surface area contributed by atoms with Crippen LogP contribution in [0.25, 0.3) is 0 Å². The van der Waals surface area contributed by atoms with Crippen molar-refractivity contribution in [2.24, 2.45) is 17.1 Å². The summed E-state index contributed by atoms with van der Waals surface area (Å²) in [7, 11) is 0.